The first-order valence-electron chi connectivity index (χ1n) is 4.20. The molecule has 2 rings (SSSR count). The summed E-state index contributed by atoms with van der Waals surface area (Å²) in [6.45, 7) is 0. The lowest BCUT2D eigenvalue weighted by atomic mass is 10.1. The first-order valence-corrected chi connectivity index (χ1v) is 4.58. The summed E-state index contributed by atoms with van der Waals surface area (Å²) < 4.78 is 0. The Morgan fingerprint density at radius 3 is 2.71 bits per heavy atom. The summed E-state index contributed by atoms with van der Waals surface area (Å²) in [5.41, 5.74) is 2.28. The highest BCUT2D eigenvalue weighted by Crippen LogP contribution is 2.28. The van der Waals surface area contributed by atoms with Crippen molar-refractivity contribution in [2.45, 2.75) is 0 Å². The third-order valence-electron chi connectivity index (χ3n) is 2.04. The van der Waals surface area contributed by atoms with Crippen molar-refractivity contribution in [3.63, 3.8) is 0 Å². The number of hydrogen-bond donors (Lipinski definition) is 1. The van der Waals surface area contributed by atoms with E-state index in [0.29, 0.717) is 10.6 Å². The maximum Gasteiger partial charge on any atom is 0.151 e. The molecule has 0 aliphatic rings. The molecule has 70 valence electrons. The van der Waals surface area contributed by atoms with Crippen molar-refractivity contribution < 1.29 is 4.79 Å². The Morgan fingerprint density at radius 1 is 1.21 bits per heavy atom. The van der Waals surface area contributed by atoms with Crippen molar-refractivity contribution in [2.75, 3.05) is 0 Å². The number of aromatic nitrogens is 1. The molecule has 2 aromatic rings. The van der Waals surface area contributed by atoms with Crippen LogP contribution in [0.3, 0.4) is 0 Å². The highest BCUT2D eigenvalue weighted by Gasteiger charge is 2.07. The number of aldehydes is 1. The van der Waals surface area contributed by atoms with Crippen LogP contribution in [0.1, 0.15) is 10.4 Å². The third kappa shape index (κ3) is 1.44. The zero-order valence-electron chi connectivity index (χ0n) is 7.33. The Morgan fingerprint density at radius 2 is 2.07 bits per heavy atom. The molecule has 0 saturated carbocycles. The van der Waals surface area contributed by atoms with Gasteiger partial charge in [-0.1, -0.05) is 29.8 Å². The van der Waals surface area contributed by atoms with E-state index in [0.717, 1.165) is 17.5 Å². The number of benzene rings is 1. The van der Waals surface area contributed by atoms with Crippen LogP contribution in [0, 0.1) is 0 Å². The smallest absolute Gasteiger partial charge is 0.151 e. The second kappa shape index (κ2) is 3.68. The lowest BCUT2D eigenvalue weighted by Gasteiger charge is -2.03. The Balaban J connectivity index is 2.60. The van der Waals surface area contributed by atoms with Gasteiger partial charge in [0.05, 0.1) is 5.02 Å². The monoisotopic (exact) mass is 205 g/mol. The van der Waals surface area contributed by atoms with Crippen LogP contribution in [-0.4, -0.2) is 11.3 Å². The highest BCUT2D eigenvalue weighted by atomic mass is 35.5. The van der Waals surface area contributed by atoms with E-state index in [-0.39, 0.29) is 0 Å². The molecule has 0 bridgehead atoms. The van der Waals surface area contributed by atoms with E-state index < -0.39 is 0 Å². The zero-order chi connectivity index (χ0) is 9.97. The molecule has 0 aliphatic heterocycles. The van der Waals surface area contributed by atoms with Gasteiger partial charge in [0.15, 0.2) is 6.29 Å². The van der Waals surface area contributed by atoms with E-state index in [1.54, 1.807) is 6.07 Å². The first kappa shape index (κ1) is 9.03. The molecular weight excluding hydrogens is 198 g/mol. The average Bonchev–Trinajstić information content (AvgIpc) is 2.71. The van der Waals surface area contributed by atoms with Gasteiger partial charge in [0.2, 0.25) is 0 Å². The molecular formula is C11H8ClNO. The highest BCUT2D eigenvalue weighted by molar-refractivity contribution is 6.35. The number of carbonyl (C=O) groups is 1. The molecule has 1 aromatic heterocycles. The number of hydrogen-bond acceptors (Lipinski definition) is 1. The van der Waals surface area contributed by atoms with E-state index in [1.165, 1.54) is 0 Å². The summed E-state index contributed by atoms with van der Waals surface area (Å²) in [5.74, 6) is 0. The molecule has 1 heterocycles. The first-order chi connectivity index (χ1) is 6.83. The molecule has 0 amide bonds. The summed E-state index contributed by atoms with van der Waals surface area (Å²) >= 11 is 6.05. The maximum atomic E-state index is 10.7. The minimum absolute atomic E-state index is 0.491. The van der Waals surface area contributed by atoms with Gasteiger partial charge in [0.1, 0.15) is 0 Å². The topological polar surface area (TPSA) is 32.9 Å². The van der Waals surface area contributed by atoms with Crippen LogP contribution in [0.2, 0.25) is 5.02 Å². The van der Waals surface area contributed by atoms with Gasteiger partial charge in [-0.05, 0) is 12.1 Å². The molecule has 0 atom stereocenters. The number of H-pyrrole nitrogens is 1. The molecule has 0 radical (unpaired) electrons. The second-order valence-corrected chi connectivity index (χ2v) is 3.29. The van der Waals surface area contributed by atoms with Gasteiger partial charge in [-0.25, -0.2) is 0 Å². The predicted octanol–water partition coefficient (Wildman–Crippen LogP) is 3.15. The van der Waals surface area contributed by atoms with Gasteiger partial charge in [0, 0.05) is 23.0 Å². The number of aromatic amines is 1. The molecule has 0 saturated heterocycles. The molecule has 0 fully saturated rings. The molecule has 14 heavy (non-hydrogen) atoms. The maximum absolute atomic E-state index is 10.7. The van der Waals surface area contributed by atoms with E-state index in [4.69, 9.17) is 11.6 Å². The molecule has 0 unspecified atom stereocenters. The molecule has 0 aliphatic carbocycles. The fraction of sp³-hybridized carbons (Fsp3) is 0. The molecule has 3 heteroatoms. The van der Waals surface area contributed by atoms with Gasteiger partial charge in [-0.2, -0.15) is 0 Å². The number of rotatable bonds is 2. The van der Waals surface area contributed by atoms with E-state index in [9.17, 15) is 4.79 Å². The van der Waals surface area contributed by atoms with Crippen LogP contribution < -0.4 is 0 Å². The van der Waals surface area contributed by atoms with E-state index >= 15 is 0 Å². The van der Waals surface area contributed by atoms with Crippen LogP contribution >= 0.6 is 11.6 Å². The molecule has 1 N–H and O–H groups in total. The zero-order valence-corrected chi connectivity index (χ0v) is 8.08. The number of nitrogens with one attached hydrogen (secondary N) is 1. The number of halogens is 1. The van der Waals surface area contributed by atoms with Crippen molar-refractivity contribution in [3.05, 3.63) is 47.1 Å². The van der Waals surface area contributed by atoms with Crippen molar-refractivity contribution in [2.24, 2.45) is 0 Å². The average molecular weight is 206 g/mol. The van der Waals surface area contributed by atoms with Crippen LogP contribution in [0.15, 0.2) is 36.5 Å². The Kier molecular flexibility index (Phi) is 2.37. The Labute approximate surface area is 86.5 Å². The lowest BCUT2D eigenvalue weighted by molar-refractivity contribution is 0.112. The van der Waals surface area contributed by atoms with E-state index in [2.05, 4.69) is 4.98 Å². The van der Waals surface area contributed by atoms with Gasteiger partial charge in [-0.3, -0.25) is 4.79 Å². The second-order valence-electron chi connectivity index (χ2n) is 2.91. The van der Waals surface area contributed by atoms with Crippen molar-refractivity contribution in [3.8, 4) is 11.3 Å². The van der Waals surface area contributed by atoms with Crippen molar-refractivity contribution in [1.82, 2.24) is 4.98 Å². The third-order valence-corrected chi connectivity index (χ3v) is 2.47. The molecule has 1 aromatic carbocycles. The predicted molar refractivity (Wildman–Crippen MR) is 56.6 cm³/mol. The minimum atomic E-state index is 0.491. The normalized spacial score (nSPS) is 10.1. The van der Waals surface area contributed by atoms with Gasteiger partial charge >= 0.3 is 0 Å². The van der Waals surface area contributed by atoms with Gasteiger partial charge < -0.3 is 4.98 Å². The Bertz CT molecular complexity index is 448. The van der Waals surface area contributed by atoms with Gasteiger partial charge in [0.25, 0.3) is 0 Å². The quantitative estimate of drug-likeness (QED) is 0.751. The fourth-order valence-corrected chi connectivity index (χ4v) is 1.62. The summed E-state index contributed by atoms with van der Waals surface area (Å²) in [6, 6.07) is 9.18. The van der Waals surface area contributed by atoms with Crippen molar-refractivity contribution >= 4 is 17.9 Å². The van der Waals surface area contributed by atoms with Gasteiger partial charge in [-0.15, -0.1) is 0 Å². The Hall–Kier alpha value is -1.54. The van der Waals surface area contributed by atoms with E-state index in [1.807, 2.05) is 30.5 Å². The lowest BCUT2D eigenvalue weighted by Crippen LogP contribution is -1.85. The molecule has 2 nitrogen and oxygen atoms in total. The standard InChI is InChI=1S/C11H8ClNO/c12-11-8(7-14)3-1-4-9(11)10-5-2-6-13-10/h1-7,13H. The summed E-state index contributed by atoms with van der Waals surface area (Å²) in [4.78, 5) is 13.7. The summed E-state index contributed by atoms with van der Waals surface area (Å²) in [6.07, 6.45) is 2.58. The SMILES string of the molecule is O=Cc1cccc(-c2ccc[nH]2)c1Cl. The van der Waals surface area contributed by atoms with Crippen LogP contribution in [-0.2, 0) is 0 Å². The van der Waals surface area contributed by atoms with Crippen LogP contribution in [0.25, 0.3) is 11.3 Å². The number of carbonyl (C=O) groups excluding carboxylic acids is 1. The minimum Gasteiger partial charge on any atom is -0.361 e. The summed E-state index contributed by atoms with van der Waals surface area (Å²) in [7, 11) is 0. The van der Waals surface area contributed by atoms with Crippen molar-refractivity contribution in [1.29, 1.82) is 0 Å². The summed E-state index contributed by atoms with van der Waals surface area (Å²) in [5, 5.41) is 0.491. The van der Waals surface area contributed by atoms with Crippen LogP contribution in [0.4, 0.5) is 0 Å². The largest absolute Gasteiger partial charge is 0.361 e. The molecule has 0 spiro atoms. The van der Waals surface area contributed by atoms with Crippen LogP contribution in [0.5, 0.6) is 0 Å². The fourth-order valence-electron chi connectivity index (χ4n) is 1.35.